The predicted molar refractivity (Wildman–Crippen MR) is 134 cm³/mol. The molecular formula is C32H38O2. The molecule has 2 nitrogen and oxygen atoms in total. The van der Waals surface area contributed by atoms with E-state index in [-0.39, 0.29) is 10.8 Å². The maximum absolute atomic E-state index is 11.1. The minimum Gasteiger partial charge on any atom is -0.508 e. The number of hydrogen-bond donors (Lipinski definition) is 2. The van der Waals surface area contributed by atoms with Gasteiger partial charge in [-0.2, -0.15) is 0 Å². The Morgan fingerprint density at radius 3 is 1.29 bits per heavy atom. The second-order valence-electron chi connectivity index (χ2n) is 13.6. The molecule has 2 N–H and O–H groups in total. The van der Waals surface area contributed by atoms with Crippen LogP contribution < -0.4 is 0 Å². The minimum atomic E-state index is 0.274. The Morgan fingerprint density at radius 2 is 0.941 bits per heavy atom. The van der Waals surface area contributed by atoms with Gasteiger partial charge in [0.25, 0.3) is 0 Å². The summed E-state index contributed by atoms with van der Waals surface area (Å²) in [5.74, 6) is 6.30. The maximum Gasteiger partial charge on any atom is 0.119 e. The van der Waals surface area contributed by atoms with Crippen molar-refractivity contribution in [3.63, 3.8) is 0 Å². The van der Waals surface area contributed by atoms with Crippen molar-refractivity contribution in [1.29, 1.82) is 0 Å². The molecule has 0 saturated heterocycles. The SMILES string of the molecule is Oc1cc(CCc2ccc(C34CC5CC(CC3C5)C4)c(O)c2)ccc1C12CC3CC(CC1C3)C2. The highest BCUT2D eigenvalue weighted by Gasteiger charge is 2.60. The minimum absolute atomic E-state index is 0.274. The van der Waals surface area contributed by atoms with E-state index in [0.29, 0.717) is 11.5 Å². The largest absolute Gasteiger partial charge is 0.508 e. The van der Waals surface area contributed by atoms with Gasteiger partial charge in [-0.15, -0.1) is 0 Å². The number of aromatic hydroxyl groups is 2. The first-order valence-corrected chi connectivity index (χ1v) is 14.2. The molecule has 0 aliphatic heterocycles. The van der Waals surface area contributed by atoms with E-state index in [1.807, 2.05) is 12.1 Å². The summed E-state index contributed by atoms with van der Waals surface area (Å²) in [6.45, 7) is 0. The van der Waals surface area contributed by atoms with Gasteiger partial charge in [-0.05, 0) is 136 Å². The van der Waals surface area contributed by atoms with Crippen LogP contribution in [0.1, 0.15) is 86.5 Å². The van der Waals surface area contributed by atoms with E-state index in [2.05, 4.69) is 24.3 Å². The van der Waals surface area contributed by atoms with Crippen LogP contribution in [0, 0.1) is 35.5 Å². The lowest BCUT2D eigenvalue weighted by molar-refractivity contribution is 0.263. The van der Waals surface area contributed by atoms with E-state index < -0.39 is 0 Å². The molecule has 34 heavy (non-hydrogen) atoms. The second-order valence-corrected chi connectivity index (χ2v) is 13.6. The van der Waals surface area contributed by atoms with Gasteiger partial charge in [-0.1, -0.05) is 24.3 Å². The quantitative estimate of drug-likeness (QED) is 0.509. The Labute approximate surface area is 203 Å². The van der Waals surface area contributed by atoms with Crippen LogP contribution in [0.3, 0.4) is 0 Å². The molecule has 2 heteroatoms. The third-order valence-electron chi connectivity index (χ3n) is 11.9. The number of phenolic OH excluding ortho intramolecular Hbond substituents is 2. The van der Waals surface area contributed by atoms with Gasteiger partial charge < -0.3 is 10.2 Å². The molecule has 0 spiro atoms. The van der Waals surface area contributed by atoms with Gasteiger partial charge in [0.05, 0.1) is 0 Å². The zero-order valence-electron chi connectivity index (χ0n) is 20.3. The molecule has 2 aromatic rings. The van der Waals surface area contributed by atoms with E-state index in [0.717, 1.165) is 48.3 Å². The Morgan fingerprint density at radius 1 is 0.559 bits per heavy atom. The number of rotatable bonds is 5. The van der Waals surface area contributed by atoms with Crippen LogP contribution in [0.2, 0.25) is 0 Å². The molecule has 8 fully saturated rings. The van der Waals surface area contributed by atoms with Crippen molar-refractivity contribution in [3.05, 3.63) is 58.7 Å². The monoisotopic (exact) mass is 454 g/mol. The number of benzene rings is 2. The third kappa shape index (κ3) is 2.69. The molecule has 0 heterocycles. The summed E-state index contributed by atoms with van der Waals surface area (Å²) in [4.78, 5) is 0. The summed E-state index contributed by atoms with van der Waals surface area (Å²) in [7, 11) is 0. The van der Waals surface area contributed by atoms with Gasteiger partial charge in [0.1, 0.15) is 11.5 Å². The lowest BCUT2D eigenvalue weighted by Gasteiger charge is -2.34. The fourth-order valence-corrected chi connectivity index (χ4v) is 11.1. The van der Waals surface area contributed by atoms with Gasteiger partial charge in [-0.25, -0.2) is 0 Å². The Bertz CT molecular complexity index is 1040. The highest BCUT2D eigenvalue weighted by Crippen LogP contribution is 2.68. The number of phenols is 2. The fraction of sp³-hybridized carbons (Fsp3) is 0.625. The molecule has 8 aliphatic carbocycles. The molecule has 8 saturated carbocycles. The molecule has 2 aromatic carbocycles. The summed E-state index contributed by atoms with van der Waals surface area (Å²) in [5.41, 5.74) is 5.46. The van der Waals surface area contributed by atoms with Crippen LogP contribution in [0.4, 0.5) is 0 Å². The summed E-state index contributed by atoms with van der Waals surface area (Å²) >= 11 is 0. The molecule has 0 radical (unpaired) electrons. The average Bonchev–Trinajstić information content (AvgIpc) is 3.40. The van der Waals surface area contributed by atoms with Crippen molar-refractivity contribution in [1.82, 2.24) is 0 Å². The number of hydrogen-bond acceptors (Lipinski definition) is 2. The van der Waals surface area contributed by atoms with Gasteiger partial charge in [0.15, 0.2) is 0 Å². The lowest BCUT2D eigenvalue weighted by atomic mass is 9.70. The first-order valence-electron chi connectivity index (χ1n) is 14.2. The molecule has 4 unspecified atom stereocenters. The van der Waals surface area contributed by atoms with E-state index in [4.69, 9.17) is 0 Å². The molecule has 10 rings (SSSR count). The molecule has 0 amide bonds. The maximum atomic E-state index is 11.1. The normalized spacial score (nSPS) is 42.8. The van der Waals surface area contributed by atoms with Gasteiger partial charge >= 0.3 is 0 Å². The van der Waals surface area contributed by atoms with Crippen LogP contribution in [-0.4, -0.2) is 10.2 Å². The summed E-state index contributed by atoms with van der Waals surface area (Å²) in [6, 6.07) is 13.2. The smallest absolute Gasteiger partial charge is 0.119 e. The van der Waals surface area contributed by atoms with Gasteiger partial charge in [-0.3, -0.25) is 0 Å². The zero-order valence-corrected chi connectivity index (χ0v) is 20.3. The van der Waals surface area contributed by atoms with Gasteiger partial charge in [0.2, 0.25) is 0 Å². The molecule has 8 bridgehead atoms. The van der Waals surface area contributed by atoms with Crippen molar-refractivity contribution in [3.8, 4) is 11.5 Å². The van der Waals surface area contributed by atoms with Crippen molar-refractivity contribution in [2.24, 2.45) is 35.5 Å². The first kappa shape index (κ1) is 20.3. The standard InChI is InChI=1S/C32H38O2/c33-29-13-19(3-5-27(29)31-15-21-7-22(16-31)10-25(31)9-21)1-2-20-4-6-28(30(34)14-20)32-17-23-8-24(18-32)12-26(32)11-23/h3-6,13-14,21-26,33-34H,1-2,7-12,15-18H2. The van der Waals surface area contributed by atoms with E-state index >= 15 is 0 Å². The Balaban J connectivity index is 0.998. The highest BCUT2D eigenvalue weighted by atomic mass is 16.3. The van der Waals surface area contributed by atoms with E-state index in [1.165, 1.54) is 86.5 Å². The highest BCUT2D eigenvalue weighted by molar-refractivity contribution is 5.47. The van der Waals surface area contributed by atoms with Crippen molar-refractivity contribution >= 4 is 0 Å². The van der Waals surface area contributed by atoms with Crippen molar-refractivity contribution in [2.75, 3.05) is 0 Å². The second kappa shape index (κ2) is 6.83. The molecule has 8 aliphatic rings. The third-order valence-corrected chi connectivity index (χ3v) is 11.9. The Kier molecular flexibility index (Phi) is 4.07. The fourth-order valence-electron chi connectivity index (χ4n) is 11.1. The topological polar surface area (TPSA) is 40.5 Å². The summed E-state index contributed by atoms with van der Waals surface area (Å²) in [6.07, 6.45) is 15.5. The zero-order chi connectivity index (χ0) is 22.7. The number of aryl methyl sites for hydroxylation is 2. The predicted octanol–water partition coefficient (Wildman–Crippen LogP) is 7.04. The first-order chi connectivity index (χ1) is 16.5. The van der Waals surface area contributed by atoms with Crippen LogP contribution in [0.15, 0.2) is 36.4 Å². The van der Waals surface area contributed by atoms with E-state index in [1.54, 1.807) is 0 Å². The average molecular weight is 455 g/mol. The van der Waals surface area contributed by atoms with Crippen LogP contribution in [-0.2, 0) is 23.7 Å². The molecule has 4 atom stereocenters. The summed E-state index contributed by atoms with van der Waals surface area (Å²) < 4.78 is 0. The van der Waals surface area contributed by atoms with E-state index in [9.17, 15) is 10.2 Å². The lowest BCUT2D eigenvalue weighted by Crippen LogP contribution is -2.27. The van der Waals surface area contributed by atoms with Crippen LogP contribution in [0.25, 0.3) is 0 Å². The van der Waals surface area contributed by atoms with Crippen molar-refractivity contribution < 1.29 is 10.2 Å². The summed E-state index contributed by atoms with van der Waals surface area (Å²) in [5, 5.41) is 22.1. The molecule has 0 aromatic heterocycles. The van der Waals surface area contributed by atoms with Crippen molar-refractivity contribution in [2.45, 2.75) is 87.9 Å². The van der Waals surface area contributed by atoms with Gasteiger partial charge in [0, 0.05) is 22.0 Å². The molecule has 178 valence electrons. The molecular weight excluding hydrogens is 416 g/mol. The Hall–Kier alpha value is -1.96. The van der Waals surface area contributed by atoms with Crippen LogP contribution in [0.5, 0.6) is 11.5 Å². The van der Waals surface area contributed by atoms with Crippen LogP contribution >= 0.6 is 0 Å².